The maximum atomic E-state index is 12.2. The third-order valence-electron chi connectivity index (χ3n) is 11.2. The van der Waals surface area contributed by atoms with E-state index in [9.17, 15) is 9.90 Å². The van der Waals surface area contributed by atoms with Gasteiger partial charge in [0.05, 0.1) is 16.6 Å². The molecule has 0 spiro atoms. The minimum atomic E-state index is -0.337. The topological polar surface area (TPSA) is 68.0 Å². The van der Waals surface area contributed by atoms with Gasteiger partial charge in [0.15, 0.2) is 5.78 Å². The summed E-state index contributed by atoms with van der Waals surface area (Å²) in [7, 11) is 2.11. The quantitative estimate of drug-likeness (QED) is 0.0941. The van der Waals surface area contributed by atoms with Crippen LogP contribution >= 0.6 is 0 Å². The molecule has 0 bridgehead atoms. The van der Waals surface area contributed by atoms with Crippen LogP contribution in [0.4, 0.5) is 0 Å². The van der Waals surface area contributed by atoms with Crippen molar-refractivity contribution in [3.8, 4) is 11.3 Å². The van der Waals surface area contributed by atoms with E-state index in [2.05, 4.69) is 99.1 Å². The van der Waals surface area contributed by atoms with Crippen molar-refractivity contribution < 1.29 is 30.0 Å². The van der Waals surface area contributed by atoms with Crippen LogP contribution in [-0.4, -0.2) is 25.4 Å². The van der Waals surface area contributed by atoms with Crippen LogP contribution in [0.2, 0.25) is 0 Å². The summed E-state index contributed by atoms with van der Waals surface area (Å²) >= 11 is 0. The Hall–Kier alpha value is -3.86. The maximum Gasteiger partial charge on any atom is 0.164 e. The number of aromatic nitrogens is 3. The summed E-state index contributed by atoms with van der Waals surface area (Å²) in [5.41, 5.74) is 5.96. The molecule has 0 atom stereocenters. The smallest absolute Gasteiger partial charge is 0.164 e. The van der Waals surface area contributed by atoms with Gasteiger partial charge in [0.1, 0.15) is 12.1 Å². The average Bonchev–Trinajstić information content (AvgIpc) is 3.42. The molecule has 1 radical (unpaired) electrons. The van der Waals surface area contributed by atoms with Crippen LogP contribution in [-0.2, 0) is 37.4 Å². The summed E-state index contributed by atoms with van der Waals surface area (Å²) in [6, 6.07) is 27.2. The zero-order valence-corrected chi connectivity index (χ0v) is 33.8. The van der Waals surface area contributed by atoms with Gasteiger partial charge in [-0.3, -0.25) is 9.78 Å². The average molecular weight is 847 g/mol. The first-order valence-electron chi connectivity index (χ1n) is 17.7. The zero-order valence-electron chi connectivity index (χ0n) is 31.4. The fourth-order valence-corrected chi connectivity index (χ4v) is 6.54. The van der Waals surface area contributed by atoms with E-state index in [4.69, 9.17) is 9.97 Å². The van der Waals surface area contributed by atoms with Gasteiger partial charge in [-0.2, -0.15) is 0 Å². The van der Waals surface area contributed by atoms with Crippen LogP contribution in [0.25, 0.3) is 54.7 Å². The Morgan fingerprint density at radius 2 is 1.48 bits per heavy atom. The molecule has 1 N–H and O–H groups in total. The minimum Gasteiger partial charge on any atom is -0.512 e. The Morgan fingerprint density at radius 1 is 0.820 bits per heavy atom. The fourth-order valence-electron chi connectivity index (χ4n) is 6.54. The van der Waals surface area contributed by atoms with E-state index in [0.717, 1.165) is 58.9 Å². The number of aliphatic hydroxyl groups excluding tert-OH is 1. The molecule has 0 saturated carbocycles. The monoisotopic (exact) mass is 847 g/mol. The van der Waals surface area contributed by atoms with E-state index in [-0.39, 0.29) is 47.9 Å². The molecule has 0 aliphatic rings. The summed E-state index contributed by atoms with van der Waals surface area (Å²) in [6.07, 6.45) is 6.44. The van der Waals surface area contributed by atoms with Gasteiger partial charge in [-0.1, -0.05) is 116 Å². The summed E-state index contributed by atoms with van der Waals surface area (Å²) in [5, 5.41) is 16.1. The van der Waals surface area contributed by atoms with Gasteiger partial charge in [0.25, 0.3) is 0 Å². The number of ketones is 1. The Balaban J connectivity index is 0.000000269. The molecule has 0 aliphatic carbocycles. The van der Waals surface area contributed by atoms with Crippen LogP contribution in [0.5, 0.6) is 0 Å². The van der Waals surface area contributed by atoms with E-state index in [0.29, 0.717) is 0 Å². The second-order valence-electron chi connectivity index (χ2n) is 15.0. The van der Waals surface area contributed by atoms with Crippen molar-refractivity contribution in [2.24, 2.45) is 17.9 Å². The van der Waals surface area contributed by atoms with E-state index in [1.54, 1.807) is 6.33 Å². The normalized spacial score (nSPS) is 12.6. The number of fused-ring (bicyclic) bond motifs is 6. The van der Waals surface area contributed by atoms with Crippen molar-refractivity contribution in [2.75, 3.05) is 0 Å². The maximum absolute atomic E-state index is 12.2. The van der Waals surface area contributed by atoms with E-state index in [1.165, 1.54) is 33.2 Å². The van der Waals surface area contributed by atoms with Gasteiger partial charge in [0, 0.05) is 55.1 Å². The molecule has 4 aromatic carbocycles. The molecule has 2 aromatic heterocycles. The van der Waals surface area contributed by atoms with Crippen LogP contribution in [0.1, 0.15) is 93.6 Å². The third kappa shape index (κ3) is 7.16. The molecule has 6 rings (SSSR count). The second-order valence-corrected chi connectivity index (χ2v) is 15.0. The van der Waals surface area contributed by atoms with Gasteiger partial charge in [0.2, 0.25) is 0 Å². The molecule has 0 saturated heterocycles. The van der Waals surface area contributed by atoms with Crippen LogP contribution in [0.15, 0.2) is 84.9 Å². The number of carbonyl (C=O) groups is 1. The van der Waals surface area contributed by atoms with Gasteiger partial charge in [-0.15, -0.1) is 29.1 Å². The Morgan fingerprint density at radius 3 is 2.12 bits per heavy atom. The zero-order chi connectivity index (χ0) is 35.7. The van der Waals surface area contributed by atoms with Gasteiger partial charge in [-0.25, -0.2) is 4.98 Å². The first-order valence-corrected chi connectivity index (χ1v) is 17.7. The van der Waals surface area contributed by atoms with Gasteiger partial charge < -0.3 is 9.67 Å². The summed E-state index contributed by atoms with van der Waals surface area (Å²) < 4.78 is 2.22. The number of aliphatic hydroxyl groups is 1. The van der Waals surface area contributed by atoms with Crippen molar-refractivity contribution in [2.45, 2.75) is 93.4 Å². The number of carbonyl (C=O) groups excluding carboxylic acids is 1. The Bertz CT molecular complexity index is 2180. The van der Waals surface area contributed by atoms with E-state index >= 15 is 0 Å². The number of benzene rings is 4. The van der Waals surface area contributed by atoms with Crippen molar-refractivity contribution in [3.05, 3.63) is 96.5 Å². The molecular weight excluding hydrogens is 795 g/mol. The molecule has 0 aliphatic heterocycles. The summed E-state index contributed by atoms with van der Waals surface area (Å²) in [5.74, 6) is 0.286. The van der Waals surface area contributed by atoms with Crippen molar-refractivity contribution in [1.29, 1.82) is 0 Å². The molecule has 0 amide bonds. The van der Waals surface area contributed by atoms with Crippen molar-refractivity contribution >= 4 is 49.3 Å². The standard InChI is InChI=1S/C29H24N3.C15H28O2.Ir/c1-29(2,3)20-13-14-21-19(16-20)9-7-11-23(21)26-28-27(31-17-30-26)25-22-10-6-5-8-18(22)12-15-24(25)32(28)4;1-7-14(5,8-2)12(16)11-13(17)15(6,9-3)10-4;/h5-10,12-17H,1-4H3;11,16H,7-10H2,1-6H3;/q-1;;/b;12-11-;. The van der Waals surface area contributed by atoms with Gasteiger partial charge in [-0.05, 0) is 53.5 Å². The molecule has 5 nitrogen and oxygen atoms in total. The van der Waals surface area contributed by atoms with Crippen LogP contribution in [0, 0.1) is 16.9 Å². The Kier molecular flexibility index (Phi) is 11.8. The molecule has 0 unspecified atom stereocenters. The van der Waals surface area contributed by atoms with Crippen molar-refractivity contribution in [1.82, 2.24) is 14.5 Å². The molecule has 6 aromatic rings. The molecule has 50 heavy (non-hydrogen) atoms. The molecular formula is C44H52IrN3O2-. The number of allylic oxidation sites excluding steroid dienone is 2. The number of nitrogens with zero attached hydrogens (tertiary/aromatic N) is 3. The molecule has 6 heteroatoms. The Labute approximate surface area is 311 Å². The number of hydrogen-bond acceptors (Lipinski definition) is 4. The largest absolute Gasteiger partial charge is 0.512 e. The number of rotatable bonds is 8. The first-order chi connectivity index (χ1) is 23.2. The fraction of sp³-hybridized carbons (Fsp3) is 0.386. The first kappa shape index (κ1) is 38.9. The molecule has 0 fully saturated rings. The second kappa shape index (κ2) is 15.2. The van der Waals surface area contributed by atoms with Gasteiger partial charge >= 0.3 is 0 Å². The molecule has 2 heterocycles. The van der Waals surface area contributed by atoms with Crippen LogP contribution < -0.4 is 0 Å². The molecule has 265 valence electrons. The van der Waals surface area contributed by atoms with E-state index in [1.807, 2.05) is 47.6 Å². The van der Waals surface area contributed by atoms with Crippen molar-refractivity contribution in [3.63, 3.8) is 0 Å². The third-order valence-corrected chi connectivity index (χ3v) is 11.2. The predicted octanol–water partition coefficient (Wildman–Crippen LogP) is 11.8. The number of hydrogen-bond donors (Lipinski definition) is 1. The number of aryl methyl sites for hydroxylation is 1. The predicted molar refractivity (Wildman–Crippen MR) is 207 cm³/mol. The van der Waals surface area contributed by atoms with E-state index < -0.39 is 0 Å². The van der Waals surface area contributed by atoms with Crippen LogP contribution in [0.3, 0.4) is 0 Å². The summed E-state index contributed by atoms with van der Waals surface area (Å²) in [4.78, 5) is 21.7. The minimum absolute atomic E-state index is 0. The summed E-state index contributed by atoms with van der Waals surface area (Å²) in [6.45, 7) is 18.8. The SMILES string of the molecule is CCC(C)(CC)C(=O)/C=C(\O)C(C)(CC)CC.Cn1c2ccc3ccccc3c2c2ncnc(-c3[c-]ccc4cc(C(C)(C)C)ccc34)c21.[Ir].